The van der Waals surface area contributed by atoms with E-state index in [9.17, 15) is 0 Å². The van der Waals surface area contributed by atoms with Crippen molar-refractivity contribution in [3.05, 3.63) is 218 Å². The molecule has 286 valence electrons. The summed E-state index contributed by atoms with van der Waals surface area (Å²) in [6.45, 7) is 0. The topological polar surface area (TPSA) is 47.8 Å². The van der Waals surface area contributed by atoms with Crippen LogP contribution in [0.3, 0.4) is 0 Å². The number of nitrogens with zero attached hydrogens (tertiary/aromatic N) is 3. The van der Waals surface area contributed by atoms with Gasteiger partial charge in [-0.2, -0.15) is 0 Å². The van der Waals surface area contributed by atoms with E-state index < -0.39 is 7.14 Å². The molecule has 0 saturated heterocycles. The van der Waals surface area contributed by atoms with E-state index in [1.807, 2.05) is 60.7 Å². The van der Waals surface area contributed by atoms with E-state index in [-0.39, 0.29) is 0 Å². The maximum absolute atomic E-state index is 15.8. The summed E-state index contributed by atoms with van der Waals surface area (Å²) in [5.41, 5.74) is 11.4. The summed E-state index contributed by atoms with van der Waals surface area (Å²) in [6, 6.07) is 75.8. The van der Waals surface area contributed by atoms with Gasteiger partial charge in [0.25, 0.3) is 0 Å². The molecule has 0 bridgehead atoms. The number of hydrogen-bond acceptors (Lipinski definition) is 3. The second-order valence-corrected chi connectivity index (χ2v) is 18.4. The normalized spacial score (nSPS) is 14.4. The Morgan fingerprint density at radius 3 is 1.67 bits per heavy atom. The SMILES string of the molecule is O=P1(c2ccccc2)c2ccccc2-c2cc3c(cc21)c1c2ccccc2ccc1n3-c1cc(-c2ccc(-c3ccccc3)cc2)nc(-c2ccc(-c3ccccc3)cc2)n1. The molecule has 0 radical (unpaired) electrons. The Hall–Kier alpha value is -7.65. The highest BCUT2D eigenvalue weighted by atomic mass is 31.2. The first-order chi connectivity index (χ1) is 30.1. The Labute approximate surface area is 353 Å². The van der Waals surface area contributed by atoms with E-state index in [1.165, 1.54) is 5.56 Å². The average Bonchev–Trinajstić information content (AvgIpc) is 3.81. The second kappa shape index (κ2) is 14.0. The van der Waals surface area contributed by atoms with Crippen LogP contribution in [0.4, 0.5) is 0 Å². The Kier molecular flexibility index (Phi) is 8.09. The third kappa shape index (κ3) is 5.64. The molecular weight excluding hydrogens is 762 g/mol. The van der Waals surface area contributed by atoms with Gasteiger partial charge in [0.2, 0.25) is 0 Å². The Morgan fingerprint density at radius 1 is 0.393 bits per heavy atom. The van der Waals surface area contributed by atoms with E-state index in [0.29, 0.717) is 5.82 Å². The quantitative estimate of drug-likeness (QED) is 0.157. The van der Waals surface area contributed by atoms with Gasteiger partial charge in [-0.15, -0.1) is 0 Å². The minimum atomic E-state index is -3.19. The largest absolute Gasteiger partial charge is 0.309 e. The number of rotatable bonds is 6. The number of fused-ring (bicyclic) bond motifs is 8. The summed E-state index contributed by atoms with van der Waals surface area (Å²) >= 11 is 0. The zero-order valence-corrected chi connectivity index (χ0v) is 33.9. The first-order valence-corrected chi connectivity index (χ1v) is 22.3. The summed E-state index contributed by atoms with van der Waals surface area (Å²) in [6.07, 6.45) is 0. The minimum absolute atomic E-state index is 0.634. The van der Waals surface area contributed by atoms with Crippen molar-refractivity contribution >= 4 is 55.6 Å². The maximum atomic E-state index is 15.8. The Bertz CT molecular complexity index is 3420. The lowest BCUT2D eigenvalue weighted by Gasteiger charge is -2.16. The minimum Gasteiger partial charge on any atom is -0.309 e. The monoisotopic (exact) mass is 797 g/mol. The van der Waals surface area contributed by atoms with E-state index >= 15 is 4.57 Å². The van der Waals surface area contributed by atoms with Gasteiger partial charge in [-0.25, -0.2) is 9.97 Å². The van der Waals surface area contributed by atoms with Crippen molar-refractivity contribution in [2.75, 3.05) is 0 Å². The van der Waals surface area contributed by atoms with Crippen LogP contribution in [0.2, 0.25) is 0 Å². The molecule has 0 spiro atoms. The van der Waals surface area contributed by atoms with Crippen molar-refractivity contribution in [3.8, 4) is 61.8 Å². The highest BCUT2D eigenvalue weighted by Gasteiger charge is 2.41. The summed E-state index contributed by atoms with van der Waals surface area (Å²) in [7, 11) is -3.19. The van der Waals surface area contributed by atoms with Gasteiger partial charge < -0.3 is 4.57 Å². The van der Waals surface area contributed by atoms with Crippen LogP contribution >= 0.6 is 7.14 Å². The van der Waals surface area contributed by atoms with Crippen molar-refractivity contribution in [2.24, 2.45) is 0 Å². The second-order valence-electron chi connectivity index (χ2n) is 15.7. The highest BCUT2D eigenvalue weighted by Crippen LogP contribution is 2.54. The fourth-order valence-electron chi connectivity index (χ4n) is 9.30. The predicted octanol–water partition coefficient (Wildman–Crippen LogP) is 13.0. The molecule has 61 heavy (non-hydrogen) atoms. The van der Waals surface area contributed by atoms with Crippen LogP contribution in [0, 0.1) is 0 Å². The van der Waals surface area contributed by atoms with Crippen molar-refractivity contribution in [1.82, 2.24) is 14.5 Å². The Balaban J connectivity index is 1.13. The smallest absolute Gasteiger partial charge is 0.172 e. The zero-order valence-electron chi connectivity index (χ0n) is 33.0. The summed E-state index contributed by atoms with van der Waals surface area (Å²) in [5.74, 6) is 1.39. The van der Waals surface area contributed by atoms with Gasteiger partial charge in [-0.3, -0.25) is 4.57 Å². The van der Waals surface area contributed by atoms with Gasteiger partial charge >= 0.3 is 0 Å². The molecule has 1 unspecified atom stereocenters. The third-order valence-electron chi connectivity index (χ3n) is 12.2. The lowest BCUT2D eigenvalue weighted by molar-refractivity contribution is 0.593. The van der Waals surface area contributed by atoms with Gasteiger partial charge in [0.05, 0.1) is 16.7 Å². The standard InChI is InChI=1S/C56H36N3OP/c60-61(44-19-8-3-9-20-44)52-23-13-12-22-46(52)47-34-51-48(35-53(47)61)55-45-21-11-10-18-41(45)32-33-50(55)59(51)54-36-49(42-28-24-39(25-29-42)37-14-4-1-5-15-37)57-56(58-54)43-30-26-40(27-31-43)38-16-6-2-7-17-38/h1-36H. The molecule has 12 rings (SSSR count). The average molecular weight is 798 g/mol. The van der Waals surface area contributed by atoms with Gasteiger partial charge in [-0.1, -0.05) is 194 Å². The summed E-state index contributed by atoms with van der Waals surface area (Å²) < 4.78 is 18.1. The van der Waals surface area contributed by atoms with Gasteiger partial charge in [0.15, 0.2) is 13.0 Å². The molecule has 5 heteroatoms. The maximum Gasteiger partial charge on any atom is 0.172 e. The highest BCUT2D eigenvalue weighted by molar-refractivity contribution is 7.86. The van der Waals surface area contributed by atoms with E-state index in [2.05, 4.69) is 162 Å². The van der Waals surface area contributed by atoms with Gasteiger partial charge in [0.1, 0.15) is 5.82 Å². The van der Waals surface area contributed by atoms with E-state index in [1.54, 1.807) is 0 Å². The van der Waals surface area contributed by atoms with Crippen LogP contribution in [-0.2, 0) is 4.57 Å². The molecule has 1 aliphatic rings. The van der Waals surface area contributed by atoms with Crippen LogP contribution < -0.4 is 15.9 Å². The molecule has 0 aliphatic carbocycles. The predicted molar refractivity (Wildman–Crippen MR) is 254 cm³/mol. The molecule has 1 atom stereocenters. The zero-order chi connectivity index (χ0) is 40.5. The van der Waals surface area contributed by atoms with Gasteiger partial charge in [-0.05, 0) is 62.4 Å². The van der Waals surface area contributed by atoms with E-state index in [4.69, 9.17) is 9.97 Å². The molecule has 1 aliphatic heterocycles. The van der Waals surface area contributed by atoms with Crippen LogP contribution in [0.15, 0.2) is 218 Å². The molecular formula is C56H36N3OP. The molecule has 9 aromatic carbocycles. The number of hydrogen-bond donors (Lipinski definition) is 0. The van der Waals surface area contributed by atoms with Crippen LogP contribution in [-0.4, -0.2) is 14.5 Å². The summed E-state index contributed by atoms with van der Waals surface area (Å²) in [5, 5.41) is 7.02. The lowest BCUT2D eigenvalue weighted by Crippen LogP contribution is -2.20. The van der Waals surface area contributed by atoms with Crippen molar-refractivity contribution in [1.29, 1.82) is 0 Å². The van der Waals surface area contributed by atoms with Crippen molar-refractivity contribution in [2.45, 2.75) is 0 Å². The van der Waals surface area contributed by atoms with Crippen molar-refractivity contribution < 1.29 is 4.57 Å². The van der Waals surface area contributed by atoms with Crippen LogP contribution in [0.5, 0.6) is 0 Å². The van der Waals surface area contributed by atoms with E-state index in [0.717, 1.165) is 98.9 Å². The first-order valence-electron chi connectivity index (χ1n) is 20.6. The third-order valence-corrected chi connectivity index (χ3v) is 15.4. The molecule has 0 fully saturated rings. The first kappa shape index (κ1) is 35.3. The number of benzene rings is 9. The van der Waals surface area contributed by atoms with Crippen molar-refractivity contribution in [3.63, 3.8) is 0 Å². The van der Waals surface area contributed by atoms with Crippen LogP contribution in [0.25, 0.3) is 94.4 Å². The van der Waals surface area contributed by atoms with Crippen LogP contribution in [0.1, 0.15) is 0 Å². The molecule has 2 aromatic heterocycles. The Morgan fingerprint density at radius 2 is 0.967 bits per heavy atom. The fraction of sp³-hybridized carbons (Fsp3) is 0. The van der Waals surface area contributed by atoms with Gasteiger partial charge in [0, 0.05) is 43.9 Å². The molecule has 0 N–H and O–H groups in total. The molecule has 3 heterocycles. The fourth-order valence-corrected chi connectivity index (χ4v) is 12.4. The molecule has 4 nitrogen and oxygen atoms in total. The molecule has 11 aromatic rings. The molecule has 0 saturated carbocycles. The summed E-state index contributed by atoms with van der Waals surface area (Å²) in [4.78, 5) is 10.7. The molecule has 0 amide bonds. The number of aromatic nitrogens is 3. The lowest BCUT2D eigenvalue weighted by atomic mass is 10.0.